The molecular formula is C12H20N2O2. The number of likely N-dealkylation sites (tertiary alicyclic amines) is 1. The molecule has 2 saturated heterocycles. The number of ether oxygens (including phenoxy) is 1. The minimum atomic E-state index is 0.0826. The van der Waals surface area contributed by atoms with Gasteiger partial charge in [-0.2, -0.15) is 0 Å². The summed E-state index contributed by atoms with van der Waals surface area (Å²) in [5.74, 6) is 1.16. The standard InChI is InChI=1S/C12H20N2O2/c1-13-12(15)10-4-9-6-14(5-8-2-3-8)7-11(10)16-9/h8-11H,2-7H2,1H3,(H,13,15)/t9-,10+,11-/m1/s1. The second-order valence-corrected chi connectivity index (χ2v) is 5.41. The molecule has 3 fully saturated rings. The predicted octanol–water partition coefficient (Wildman–Crippen LogP) is 0.232. The number of hydrogen-bond acceptors (Lipinski definition) is 3. The van der Waals surface area contributed by atoms with Gasteiger partial charge in [0.1, 0.15) is 0 Å². The minimum absolute atomic E-state index is 0.0826. The van der Waals surface area contributed by atoms with E-state index in [1.54, 1.807) is 7.05 Å². The summed E-state index contributed by atoms with van der Waals surface area (Å²) in [6.45, 7) is 3.20. The van der Waals surface area contributed by atoms with Gasteiger partial charge in [-0.15, -0.1) is 0 Å². The van der Waals surface area contributed by atoms with Crippen LogP contribution in [0.25, 0.3) is 0 Å². The van der Waals surface area contributed by atoms with Crippen molar-refractivity contribution in [3.8, 4) is 0 Å². The molecule has 3 atom stereocenters. The topological polar surface area (TPSA) is 41.6 Å². The summed E-state index contributed by atoms with van der Waals surface area (Å²) in [6.07, 6.45) is 4.13. The summed E-state index contributed by atoms with van der Waals surface area (Å²) in [7, 11) is 1.71. The highest BCUT2D eigenvalue weighted by atomic mass is 16.5. The van der Waals surface area contributed by atoms with Crippen LogP contribution in [0, 0.1) is 11.8 Å². The van der Waals surface area contributed by atoms with E-state index in [0.717, 1.165) is 25.4 Å². The minimum Gasteiger partial charge on any atom is -0.371 e. The lowest BCUT2D eigenvalue weighted by Crippen LogP contribution is -2.45. The van der Waals surface area contributed by atoms with Crippen molar-refractivity contribution >= 4 is 5.91 Å². The fraction of sp³-hybridized carbons (Fsp3) is 0.917. The Kier molecular flexibility index (Phi) is 2.64. The van der Waals surface area contributed by atoms with Gasteiger partial charge in [0.15, 0.2) is 0 Å². The van der Waals surface area contributed by atoms with Crippen molar-refractivity contribution in [3.05, 3.63) is 0 Å². The first-order chi connectivity index (χ1) is 7.76. The molecule has 1 saturated carbocycles. The molecule has 2 aliphatic heterocycles. The molecule has 16 heavy (non-hydrogen) atoms. The second kappa shape index (κ2) is 4.00. The van der Waals surface area contributed by atoms with Crippen molar-refractivity contribution in [2.24, 2.45) is 11.8 Å². The number of carbonyl (C=O) groups is 1. The molecule has 2 bridgehead atoms. The van der Waals surface area contributed by atoms with E-state index >= 15 is 0 Å². The lowest BCUT2D eigenvalue weighted by atomic mass is 10.00. The SMILES string of the molecule is CNC(=O)[C@H]1C[C@@H]2CN(CC3CC3)C[C@H]1O2. The molecule has 0 aromatic carbocycles. The van der Waals surface area contributed by atoms with E-state index in [-0.39, 0.29) is 17.9 Å². The molecule has 0 unspecified atom stereocenters. The smallest absolute Gasteiger partial charge is 0.225 e. The molecule has 0 aromatic rings. The van der Waals surface area contributed by atoms with Crippen molar-refractivity contribution in [2.45, 2.75) is 31.5 Å². The number of hydrogen-bond donors (Lipinski definition) is 1. The molecule has 1 amide bonds. The quantitative estimate of drug-likeness (QED) is 0.746. The van der Waals surface area contributed by atoms with Crippen LogP contribution in [0.15, 0.2) is 0 Å². The third kappa shape index (κ3) is 1.96. The van der Waals surface area contributed by atoms with Crippen LogP contribution < -0.4 is 5.32 Å². The van der Waals surface area contributed by atoms with E-state index in [1.165, 1.54) is 19.4 Å². The number of fused-ring (bicyclic) bond motifs is 2. The van der Waals surface area contributed by atoms with Gasteiger partial charge in [-0.05, 0) is 25.2 Å². The van der Waals surface area contributed by atoms with Crippen molar-refractivity contribution in [1.82, 2.24) is 10.2 Å². The van der Waals surface area contributed by atoms with Crippen LogP contribution in [0.4, 0.5) is 0 Å². The van der Waals surface area contributed by atoms with Gasteiger partial charge in [-0.25, -0.2) is 0 Å². The molecule has 3 rings (SSSR count). The molecule has 90 valence electrons. The summed E-state index contributed by atoms with van der Waals surface area (Å²) >= 11 is 0. The Hall–Kier alpha value is -0.610. The molecule has 0 aromatic heterocycles. The van der Waals surface area contributed by atoms with Gasteiger partial charge in [-0.1, -0.05) is 0 Å². The molecular weight excluding hydrogens is 204 g/mol. The summed E-state index contributed by atoms with van der Waals surface area (Å²) < 4.78 is 5.86. The van der Waals surface area contributed by atoms with Crippen LogP contribution in [-0.2, 0) is 9.53 Å². The Morgan fingerprint density at radius 3 is 2.94 bits per heavy atom. The van der Waals surface area contributed by atoms with E-state index in [0.29, 0.717) is 6.10 Å². The van der Waals surface area contributed by atoms with Crippen LogP contribution in [0.3, 0.4) is 0 Å². The monoisotopic (exact) mass is 224 g/mol. The van der Waals surface area contributed by atoms with Crippen molar-refractivity contribution in [2.75, 3.05) is 26.7 Å². The number of nitrogens with one attached hydrogen (secondary N) is 1. The van der Waals surface area contributed by atoms with Crippen LogP contribution in [-0.4, -0.2) is 49.7 Å². The molecule has 3 aliphatic rings. The van der Waals surface area contributed by atoms with Crippen molar-refractivity contribution in [3.63, 3.8) is 0 Å². The molecule has 0 radical (unpaired) electrons. The normalized spacial score (nSPS) is 38.7. The van der Waals surface area contributed by atoms with Gasteiger partial charge in [-0.3, -0.25) is 9.69 Å². The Balaban J connectivity index is 1.61. The molecule has 0 spiro atoms. The van der Waals surface area contributed by atoms with Crippen LogP contribution in [0.5, 0.6) is 0 Å². The Morgan fingerprint density at radius 1 is 1.44 bits per heavy atom. The predicted molar refractivity (Wildman–Crippen MR) is 60.0 cm³/mol. The lowest BCUT2D eigenvalue weighted by molar-refractivity contribution is -0.127. The van der Waals surface area contributed by atoms with Crippen LogP contribution in [0.1, 0.15) is 19.3 Å². The van der Waals surface area contributed by atoms with E-state index < -0.39 is 0 Å². The van der Waals surface area contributed by atoms with E-state index in [4.69, 9.17) is 4.74 Å². The number of nitrogens with zero attached hydrogens (tertiary/aromatic N) is 1. The van der Waals surface area contributed by atoms with Crippen LogP contribution >= 0.6 is 0 Å². The van der Waals surface area contributed by atoms with E-state index in [1.807, 2.05) is 0 Å². The van der Waals surface area contributed by atoms with Gasteiger partial charge < -0.3 is 10.1 Å². The zero-order valence-electron chi connectivity index (χ0n) is 9.82. The molecule has 2 heterocycles. The van der Waals surface area contributed by atoms with Gasteiger partial charge >= 0.3 is 0 Å². The van der Waals surface area contributed by atoms with Gasteiger partial charge in [0.2, 0.25) is 5.91 Å². The highest BCUT2D eigenvalue weighted by Crippen LogP contribution is 2.35. The average molecular weight is 224 g/mol. The third-order valence-corrected chi connectivity index (χ3v) is 4.03. The fourth-order valence-electron chi connectivity index (χ4n) is 3.01. The second-order valence-electron chi connectivity index (χ2n) is 5.41. The first kappa shape index (κ1) is 10.5. The van der Waals surface area contributed by atoms with Crippen molar-refractivity contribution < 1.29 is 9.53 Å². The summed E-state index contributed by atoms with van der Waals surface area (Å²) in [4.78, 5) is 14.2. The third-order valence-electron chi connectivity index (χ3n) is 4.03. The Labute approximate surface area is 96.3 Å². The summed E-state index contributed by atoms with van der Waals surface area (Å²) in [5, 5.41) is 2.75. The molecule has 4 nitrogen and oxygen atoms in total. The van der Waals surface area contributed by atoms with Gasteiger partial charge in [0, 0.05) is 26.7 Å². The maximum Gasteiger partial charge on any atom is 0.225 e. The highest BCUT2D eigenvalue weighted by Gasteiger charge is 2.44. The van der Waals surface area contributed by atoms with E-state index in [2.05, 4.69) is 10.2 Å². The molecule has 1 aliphatic carbocycles. The molecule has 4 heteroatoms. The van der Waals surface area contributed by atoms with Gasteiger partial charge in [0.25, 0.3) is 0 Å². The van der Waals surface area contributed by atoms with Gasteiger partial charge in [0.05, 0.1) is 18.1 Å². The maximum absolute atomic E-state index is 11.7. The molecule has 1 N–H and O–H groups in total. The number of rotatable bonds is 3. The summed E-state index contributed by atoms with van der Waals surface area (Å²) in [6, 6.07) is 0. The van der Waals surface area contributed by atoms with Crippen LogP contribution in [0.2, 0.25) is 0 Å². The highest BCUT2D eigenvalue weighted by molar-refractivity contribution is 5.79. The largest absolute Gasteiger partial charge is 0.371 e. The van der Waals surface area contributed by atoms with Crippen molar-refractivity contribution in [1.29, 1.82) is 0 Å². The Morgan fingerprint density at radius 2 is 2.25 bits per heavy atom. The zero-order valence-corrected chi connectivity index (χ0v) is 9.82. The first-order valence-corrected chi connectivity index (χ1v) is 6.35. The number of amides is 1. The maximum atomic E-state index is 11.7. The Bertz CT molecular complexity index is 291. The average Bonchev–Trinajstić information content (AvgIpc) is 3.03. The summed E-state index contributed by atoms with van der Waals surface area (Å²) in [5.41, 5.74) is 0. The first-order valence-electron chi connectivity index (χ1n) is 6.35. The lowest BCUT2D eigenvalue weighted by Gasteiger charge is -2.32. The number of morpholine rings is 1. The zero-order chi connectivity index (χ0) is 11.1. The van der Waals surface area contributed by atoms with E-state index in [9.17, 15) is 4.79 Å². The fourth-order valence-corrected chi connectivity index (χ4v) is 3.01. The number of carbonyl (C=O) groups excluding carboxylic acids is 1.